The second-order valence-electron chi connectivity index (χ2n) is 5.60. The fourth-order valence-corrected chi connectivity index (χ4v) is 4.70. The number of ether oxygens (including phenoxy) is 1. The van der Waals surface area contributed by atoms with Crippen molar-refractivity contribution in [2.45, 2.75) is 25.8 Å². The second kappa shape index (κ2) is 6.32. The molecule has 0 saturated carbocycles. The Kier molecular flexibility index (Phi) is 5.58. The summed E-state index contributed by atoms with van der Waals surface area (Å²) in [6, 6.07) is 0. The summed E-state index contributed by atoms with van der Waals surface area (Å²) in [4.78, 5) is 2.21. The van der Waals surface area contributed by atoms with E-state index in [2.05, 4.69) is 18.7 Å². The lowest BCUT2D eigenvalue weighted by atomic mass is 9.95. The Morgan fingerprint density at radius 3 is 2.50 bits per heavy atom. The van der Waals surface area contributed by atoms with Crippen LogP contribution in [-0.2, 0) is 14.6 Å². The van der Waals surface area contributed by atoms with E-state index in [0.29, 0.717) is 25.5 Å². The molecule has 5 nitrogen and oxygen atoms in total. The van der Waals surface area contributed by atoms with Crippen molar-refractivity contribution < 1.29 is 13.2 Å². The molecule has 0 spiro atoms. The van der Waals surface area contributed by atoms with Gasteiger partial charge in [0.2, 0.25) is 0 Å². The molecule has 1 unspecified atom stereocenters. The number of sulfone groups is 1. The van der Waals surface area contributed by atoms with E-state index >= 15 is 0 Å². The van der Waals surface area contributed by atoms with Crippen LogP contribution in [-0.4, -0.2) is 63.7 Å². The third kappa shape index (κ3) is 3.91. The fraction of sp³-hybridized carbons (Fsp3) is 1.00. The second-order valence-corrected chi connectivity index (χ2v) is 7.79. The first kappa shape index (κ1) is 15.9. The molecule has 1 rings (SSSR count). The topological polar surface area (TPSA) is 72.6 Å². The average molecular weight is 278 g/mol. The lowest BCUT2D eigenvalue weighted by Crippen LogP contribution is -2.56. The van der Waals surface area contributed by atoms with E-state index in [4.69, 9.17) is 10.5 Å². The number of hydrogen-bond donors (Lipinski definition) is 1. The molecule has 0 aromatic rings. The van der Waals surface area contributed by atoms with Crippen molar-refractivity contribution in [1.82, 2.24) is 4.90 Å². The van der Waals surface area contributed by atoms with Gasteiger partial charge in [0.1, 0.15) is 0 Å². The summed E-state index contributed by atoms with van der Waals surface area (Å²) in [5.41, 5.74) is 5.50. The van der Waals surface area contributed by atoms with E-state index in [1.165, 1.54) is 0 Å². The molecule has 0 aromatic carbocycles. The summed E-state index contributed by atoms with van der Waals surface area (Å²) < 4.78 is 28.6. The molecule has 18 heavy (non-hydrogen) atoms. The zero-order valence-corrected chi connectivity index (χ0v) is 12.5. The van der Waals surface area contributed by atoms with Crippen LogP contribution in [0.4, 0.5) is 0 Å². The van der Waals surface area contributed by atoms with Gasteiger partial charge in [-0.2, -0.15) is 0 Å². The summed E-state index contributed by atoms with van der Waals surface area (Å²) in [5.74, 6) is 0.923. The zero-order chi connectivity index (χ0) is 13.8. The Morgan fingerprint density at radius 2 is 2.11 bits per heavy atom. The standard InChI is InChI=1S/C12H26N2O3S/c1-11(2)8-14(5-6-17-3)12(9-13)4-7-18(15,16)10-12/h11H,4-10,13H2,1-3H3. The van der Waals surface area contributed by atoms with Crippen LogP contribution in [0.25, 0.3) is 0 Å². The van der Waals surface area contributed by atoms with Crippen LogP contribution in [0.5, 0.6) is 0 Å². The Hall–Kier alpha value is -0.170. The van der Waals surface area contributed by atoms with Gasteiger partial charge in [0.15, 0.2) is 9.84 Å². The van der Waals surface area contributed by atoms with Crippen LogP contribution in [0, 0.1) is 5.92 Å². The minimum Gasteiger partial charge on any atom is -0.383 e. The van der Waals surface area contributed by atoms with Gasteiger partial charge in [-0.1, -0.05) is 13.8 Å². The van der Waals surface area contributed by atoms with Gasteiger partial charge in [0.05, 0.1) is 18.1 Å². The quantitative estimate of drug-likeness (QED) is 0.715. The lowest BCUT2D eigenvalue weighted by molar-refractivity contribution is 0.0647. The molecule has 0 bridgehead atoms. The minimum absolute atomic E-state index is 0.187. The maximum atomic E-state index is 11.8. The Balaban J connectivity index is 2.86. The van der Waals surface area contributed by atoms with Crippen LogP contribution in [0.15, 0.2) is 0 Å². The van der Waals surface area contributed by atoms with Gasteiger partial charge >= 0.3 is 0 Å². The van der Waals surface area contributed by atoms with Crippen LogP contribution in [0.3, 0.4) is 0 Å². The van der Waals surface area contributed by atoms with E-state index in [1.807, 2.05) is 0 Å². The van der Waals surface area contributed by atoms with Crippen molar-refractivity contribution in [1.29, 1.82) is 0 Å². The molecular weight excluding hydrogens is 252 g/mol. The maximum Gasteiger partial charge on any atom is 0.152 e. The van der Waals surface area contributed by atoms with Crippen LogP contribution in [0.2, 0.25) is 0 Å². The summed E-state index contributed by atoms with van der Waals surface area (Å²) in [7, 11) is -1.27. The first-order valence-electron chi connectivity index (χ1n) is 6.50. The Labute approximate surface area is 111 Å². The SMILES string of the molecule is COCCN(CC(C)C)C1(CN)CCS(=O)(=O)C1. The molecule has 6 heteroatoms. The van der Waals surface area contributed by atoms with E-state index in [0.717, 1.165) is 13.1 Å². The molecule has 1 saturated heterocycles. The smallest absolute Gasteiger partial charge is 0.152 e. The van der Waals surface area contributed by atoms with Crippen molar-refractivity contribution in [3.63, 3.8) is 0 Å². The maximum absolute atomic E-state index is 11.8. The number of methoxy groups -OCH3 is 1. The molecule has 0 radical (unpaired) electrons. The van der Waals surface area contributed by atoms with E-state index in [9.17, 15) is 8.42 Å². The van der Waals surface area contributed by atoms with Crippen molar-refractivity contribution in [3.05, 3.63) is 0 Å². The molecule has 0 aliphatic carbocycles. The number of rotatable bonds is 7. The highest BCUT2D eigenvalue weighted by molar-refractivity contribution is 7.91. The van der Waals surface area contributed by atoms with Gasteiger partial charge in [-0.3, -0.25) is 4.90 Å². The first-order valence-corrected chi connectivity index (χ1v) is 8.32. The van der Waals surface area contributed by atoms with Gasteiger partial charge in [0.25, 0.3) is 0 Å². The zero-order valence-electron chi connectivity index (χ0n) is 11.7. The van der Waals surface area contributed by atoms with Crippen molar-refractivity contribution in [3.8, 4) is 0 Å². The van der Waals surface area contributed by atoms with E-state index in [1.54, 1.807) is 7.11 Å². The summed E-state index contributed by atoms with van der Waals surface area (Å²) >= 11 is 0. The molecule has 1 aliphatic rings. The molecule has 1 fully saturated rings. The van der Waals surface area contributed by atoms with E-state index < -0.39 is 9.84 Å². The number of nitrogens with two attached hydrogens (primary N) is 1. The van der Waals surface area contributed by atoms with Crippen molar-refractivity contribution in [2.75, 3.05) is 44.9 Å². The molecule has 0 amide bonds. The fourth-order valence-electron chi connectivity index (χ4n) is 2.60. The highest BCUT2D eigenvalue weighted by atomic mass is 32.2. The minimum atomic E-state index is -2.93. The van der Waals surface area contributed by atoms with Gasteiger partial charge < -0.3 is 10.5 Å². The molecular formula is C12H26N2O3S. The summed E-state index contributed by atoms with van der Waals surface area (Å²) in [6.07, 6.45) is 0.641. The Bertz CT molecular complexity index is 356. The molecule has 1 atom stereocenters. The summed E-state index contributed by atoms with van der Waals surface area (Å²) in [6.45, 7) is 6.86. The van der Waals surface area contributed by atoms with E-state index in [-0.39, 0.29) is 17.0 Å². The van der Waals surface area contributed by atoms with Gasteiger partial charge in [-0.25, -0.2) is 8.42 Å². The first-order chi connectivity index (χ1) is 8.35. The molecule has 2 N–H and O–H groups in total. The third-order valence-corrected chi connectivity index (χ3v) is 5.37. The van der Waals surface area contributed by atoms with Crippen LogP contribution >= 0.6 is 0 Å². The number of nitrogens with zero attached hydrogens (tertiary/aromatic N) is 1. The Morgan fingerprint density at radius 1 is 1.44 bits per heavy atom. The number of hydrogen-bond acceptors (Lipinski definition) is 5. The largest absolute Gasteiger partial charge is 0.383 e. The van der Waals surface area contributed by atoms with Gasteiger partial charge in [0, 0.05) is 32.3 Å². The normalized spacial score (nSPS) is 27.2. The molecule has 1 heterocycles. The highest BCUT2D eigenvalue weighted by Crippen LogP contribution is 2.29. The predicted molar refractivity (Wildman–Crippen MR) is 73.3 cm³/mol. The average Bonchev–Trinajstić information content (AvgIpc) is 2.61. The molecule has 0 aromatic heterocycles. The summed E-state index contributed by atoms with van der Waals surface area (Å²) in [5, 5.41) is 0. The molecule has 108 valence electrons. The molecule has 1 aliphatic heterocycles. The van der Waals surface area contributed by atoms with Gasteiger partial charge in [-0.15, -0.1) is 0 Å². The monoisotopic (exact) mass is 278 g/mol. The van der Waals surface area contributed by atoms with Crippen molar-refractivity contribution in [2.24, 2.45) is 11.7 Å². The lowest BCUT2D eigenvalue weighted by Gasteiger charge is -2.40. The third-order valence-electron chi connectivity index (χ3n) is 3.57. The highest BCUT2D eigenvalue weighted by Gasteiger charge is 2.45. The van der Waals surface area contributed by atoms with Crippen LogP contribution < -0.4 is 5.73 Å². The van der Waals surface area contributed by atoms with Crippen molar-refractivity contribution >= 4 is 9.84 Å². The van der Waals surface area contributed by atoms with Crippen LogP contribution in [0.1, 0.15) is 20.3 Å². The van der Waals surface area contributed by atoms with Gasteiger partial charge in [-0.05, 0) is 12.3 Å². The predicted octanol–water partition coefficient (Wildman–Crippen LogP) is 0.107.